The van der Waals surface area contributed by atoms with Crippen LogP contribution in [-0.4, -0.2) is 27.8 Å². The fourth-order valence-electron chi connectivity index (χ4n) is 3.42. The van der Waals surface area contributed by atoms with Crippen molar-refractivity contribution in [2.24, 2.45) is 0 Å². The van der Waals surface area contributed by atoms with Gasteiger partial charge in [0, 0.05) is 34.9 Å². The molecule has 0 aliphatic heterocycles. The van der Waals surface area contributed by atoms with Crippen LogP contribution < -0.4 is 10.1 Å². The molecule has 4 rings (SSSR count). The summed E-state index contributed by atoms with van der Waals surface area (Å²) < 4.78 is 7.16. The van der Waals surface area contributed by atoms with Gasteiger partial charge in [0.25, 0.3) is 5.91 Å². The lowest BCUT2D eigenvalue weighted by molar-refractivity contribution is 0.102. The standard InChI is InChI=1S/C23H22N4O2/c1-4-27-15(2)20(14-24-27)22-13-19(18-10-5-6-11-21(18)26-22)23(28)25-16-8-7-9-17(12-16)29-3/h5-14H,4H2,1-3H3,(H,25,28). The van der Waals surface area contributed by atoms with Crippen LogP contribution in [0, 0.1) is 6.92 Å². The van der Waals surface area contributed by atoms with Crippen molar-refractivity contribution in [2.75, 3.05) is 12.4 Å². The van der Waals surface area contributed by atoms with Gasteiger partial charge in [-0.05, 0) is 38.1 Å². The van der Waals surface area contributed by atoms with Gasteiger partial charge in [-0.2, -0.15) is 5.10 Å². The smallest absolute Gasteiger partial charge is 0.256 e. The van der Waals surface area contributed by atoms with Gasteiger partial charge >= 0.3 is 0 Å². The molecule has 4 aromatic rings. The first-order chi connectivity index (χ1) is 14.1. The van der Waals surface area contributed by atoms with E-state index >= 15 is 0 Å². The number of amides is 1. The highest BCUT2D eigenvalue weighted by molar-refractivity contribution is 6.13. The Labute approximate surface area is 169 Å². The Morgan fingerprint density at radius 1 is 1.14 bits per heavy atom. The topological polar surface area (TPSA) is 69.0 Å². The number of aryl methyl sites for hydroxylation is 1. The van der Waals surface area contributed by atoms with Crippen LogP contribution in [0.4, 0.5) is 5.69 Å². The maximum absolute atomic E-state index is 13.2. The summed E-state index contributed by atoms with van der Waals surface area (Å²) in [4.78, 5) is 17.9. The lowest BCUT2D eigenvalue weighted by Gasteiger charge is -2.11. The van der Waals surface area contributed by atoms with Gasteiger partial charge < -0.3 is 10.1 Å². The molecule has 0 saturated carbocycles. The lowest BCUT2D eigenvalue weighted by Crippen LogP contribution is -2.13. The quantitative estimate of drug-likeness (QED) is 0.540. The van der Waals surface area contributed by atoms with Gasteiger partial charge in [-0.1, -0.05) is 24.3 Å². The number of ether oxygens (including phenoxy) is 1. The Balaban J connectivity index is 1.80. The Morgan fingerprint density at radius 3 is 2.72 bits per heavy atom. The third-order valence-electron chi connectivity index (χ3n) is 4.97. The van der Waals surface area contributed by atoms with Crippen LogP contribution in [0.2, 0.25) is 0 Å². The predicted molar refractivity (Wildman–Crippen MR) is 114 cm³/mol. The summed E-state index contributed by atoms with van der Waals surface area (Å²) in [5.74, 6) is 0.490. The fraction of sp³-hybridized carbons (Fsp3) is 0.174. The molecular weight excluding hydrogens is 364 g/mol. The van der Waals surface area contributed by atoms with Gasteiger partial charge in [-0.15, -0.1) is 0 Å². The number of nitrogens with zero attached hydrogens (tertiary/aromatic N) is 3. The third kappa shape index (κ3) is 3.57. The first-order valence-corrected chi connectivity index (χ1v) is 9.48. The maximum atomic E-state index is 13.2. The van der Waals surface area contributed by atoms with Gasteiger partial charge in [0.1, 0.15) is 5.75 Å². The minimum Gasteiger partial charge on any atom is -0.497 e. The number of anilines is 1. The van der Waals surface area contributed by atoms with Gasteiger partial charge in [0.05, 0.1) is 30.1 Å². The van der Waals surface area contributed by atoms with Crippen LogP contribution in [0.5, 0.6) is 5.75 Å². The summed E-state index contributed by atoms with van der Waals surface area (Å²) >= 11 is 0. The van der Waals surface area contributed by atoms with Crippen molar-refractivity contribution >= 4 is 22.5 Å². The normalized spacial score (nSPS) is 10.9. The van der Waals surface area contributed by atoms with Crippen molar-refractivity contribution in [2.45, 2.75) is 20.4 Å². The average molecular weight is 386 g/mol. The summed E-state index contributed by atoms with van der Waals surface area (Å²) in [5, 5.41) is 8.18. The first kappa shape index (κ1) is 18.7. The molecule has 6 heteroatoms. The van der Waals surface area contributed by atoms with Crippen LogP contribution in [0.25, 0.3) is 22.2 Å². The second-order valence-corrected chi connectivity index (χ2v) is 6.72. The number of hydrogen-bond acceptors (Lipinski definition) is 4. The highest BCUT2D eigenvalue weighted by Gasteiger charge is 2.17. The van der Waals surface area contributed by atoms with E-state index in [4.69, 9.17) is 9.72 Å². The SMILES string of the molecule is CCn1ncc(-c2cc(C(=O)Nc3cccc(OC)c3)c3ccccc3n2)c1C. The molecule has 0 radical (unpaired) electrons. The molecule has 1 amide bonds. The number of nitrogens with one attached hydrogen (secondary N) is 1. The van der Waals surface area contributed by atoms with E-state index in [1.165, 1.54) is 0 Å². The van der Waals surface area contributed by atoms with Gasteiger partial charge in [0.15, 0.2) is 0 Å². The second kappa shape index (κ2) is 7.75. The van der Waals surface area contributed by atoms with Crippen LogP contribution in [0.15, 0.2) is 60.8 Å². The second-order valence-electron chi connectivity index (χ2n) is 6.72. The molecule has 0 unspecified atom stereocenters. The van der Waals surface area contributed by atoms with E-state index in [1.807, 2.05) is 67.1 Å². The molecule has 6 nitrogen and oxygen atoms in total. The lowest BCUT2D eigenvalue weighted by atomic mass is 10.0. The van der Waals surface area contributed by atoms with Crippen LogP contribution in [0.1, 0.15) is 23.0 Å². The van der Waals surface area contributed by atoms with E-state index in [0.29, 0.717) is 17.0 Å². The van der Waals surface area contributed by atoms with Crippen molar-refractivity contribution < 1.29 is 9.53 Å². The van der Waals surface area contributed by atoms with Gasteiger partial charge in [0.2, 0.25) is 0 Å². The summed E-state index contributed by atoms with van der Waals surface area (Å²) in [5.41, 5.74) is 4.69. The van der Waals surface area contributed by atoms with E-state index in [-0.39, 0.29) is 5.91 Å². The minimum absolute atomic E-state index is 0.196. The molecule has 2 aromatic carbocycles. The fourth-order valence-corrected chi connectivity index (χ4v) is 3.42. The molecule has 0 spiro atoms. The molecule has 0 fully saturated rings. The van der Waals surface area contributed by atoms with Gasteiger partial charge in [-0.3, -0.25) is 9.48 Å². The summed E-state index contributed by atoms with van der Waals surface area (Å²) in [6.07, 6.45) is 1.81. The van der Waals surface area contributed by atoms with Crippen LogP contribution in [0.3, 0.4) is 0 Å². The maximum Gasteiger partial charge on any atom is 0.256 e. The molecule has 2 heterocycles. The van der Waals surface area contributed by atoms with Crippen molar-refractivity contribution in [1.29, 1.82) is 0 Å². The first-order valence-electron chi connectivity index (χ1n) is 9.48. The minimum atomic E-state index is -0.196. The molecule has 0 saturated heterocycles. The van der Waals surface area contributed by atoms with Crippen LogP contribution >= 0.6 is 0 Å². The highest BCUT2D eigenvalue weighted by Crippen LogP contribution is 2.28. The molecule has 2 aromatic heterocycles. The number of rotatable bonds is 5. The number of aromatic nitrogens is 3. The Kier molecular flexibility index (Phi) is 4.99. The zero-order chi connectivity index (χ0) is 20.4. The number of carbonyl (C=O) groups excluding carboxylic acids is 1. The number of methoxy groups -OCH3 is 1. The Morgan fingerprint density at radius 2 is 1.97 bits per heavy atom. The number of benzene rings is 2. The van der Waals surface area contributed by atoms with E-state index in [0.717, 1.165) is 34.4 Å². The van der Waals surface area contributed by atoms with Gasteiger partial charge in [-0.25, -0.2) is 4.98 Å². The number of pyridine rings is 1. The zero-order valence-electron chi connectivity index (χ0n) is 16.6. The monoisotopic (exact) mass is 386 g/mol. The molecule has 1 N–H and O–H groups in total. The largest absolute Gasteiger partial charge is 0.497 e. The summed E-state index contributed by atoms with van der Waals surface area (Å²) in [6, 6.07) is 16.8. The van der Waals surface area contributed by atoms with Crippen molar-refractivity contribution in [3.63, 3.8) is 0 Å². The third-order valence-corrected chi connectivity index (χ3v) is 4.97. The molecule has 0 atom stereocenters. The number of fused-ring (bicyclic) bond motifs is 1. The molecule has 146 valence electrons. The summed E-state index contributed by atoms with van der Waals surface area (Å²) in [6.45, 7) is 4.84. The Bertz CT molecular complexity index is 1200. The zero-order valence-corrected chi connectivity index (χ0v) is 16.6. The molecule has 0 aliphatic rings. The van der Waals surface area contributed by atoms with Crippen molar-refractivity contribution in [3.8, 4) is 17.0 Å². The van der Waals surface area contributed by atoms with Crippen LogP contribution in [-0.2, 0) is 6.54 Å². The predicted octanol–water partition coefficient (Wildman–Crippen LogP) is 4.69. The number of para-hydroxylation sites is 1. The van der Waals surface area contributed by atoms with E-state index in [9.17, 15) is 4.79 Å². The van der Waals surface area contributed by atoms with E-state index < -0.39 is 0 Å². The number of hydrogen-bond donors (Lipinski definition) is 1. The highest BCUT2D eigenvalue weighted by atomic mass is 16.5. The molecular formula is C23H22N4O2. The number of carbonyl (C=O) groups is 1. The molecule has 0 bridgehead atoms. The molecule has 29 heavy (non-hydrogen) atoms. The van der Waals surface area contributed by atoms with E-state index in [1.54, 1.807) is 19.4 Å². The average Bonchev–Trinajstić information content (AvgIpc) is 3.13. The Hall–Kier alpha value is -3.67. The van der Waals surface area contributed by atoms with Crippen molar-refractivity contribution in [3.05, 3.63) is 72.1 Å². The molecule has 0 aliphatic carbocycles. The summed E-state index contributed by atoms with van der Waals surface area (Å²) in [7, 11) is 1.60. The van der Waals surface area contributed by atoms with E-state index in [2.05, 4.69) is 10.4 Å². The van der Waals surface area contributed by atoms with Crippen molar-refractivity contribution in [1.82, 2.24) is 14.8 Å².